The second-order valence-corrected chi connectivity index (χ2v) is 5.08. The Balaban J connectivity index is 2.26. The molecule has 2 rings (SSSR count). The third kappa shape index (κ3) is 3.43. The number of thiocarbonyl (C=S) groups is 1. The molecule has 1 aromatic carbocycles. The van der Waals surface area contributed by atoms with Gasteiger partial charge in [0.2, 0.25) is 0 Å². The first-order chi connectivity index (χ1) is 9.08. The van der Waals surface area contributed by atoms with Crippen molar-refractivity contribution in [3.8, 4) is 0 Å². The predicted octanol–water partition coefficient (Wildman–Crippen LogP) is 3.54. The number of hydrogen-bond donors (Lipinski definition) is 2. The van der Waals surface area contributed by atoms with Crippen LogP contribution in [-0.4, -0.2) is 9.97 Å². The summed E-state index contributed by atoms with van der Waals surface area (Å²) in [7, 11) is 0. The molecule has 0 aliphatic carbocycles. The third-order valence-corrected chi connectivity index (χ3v) is 3.26. The molecule has 19 heavy (non-hydrogen) atoms. The fourth-order valence-corrected chi connectivity index (χ4v) is 2.14. The average molecular weight is 292 g/mol. The molecule has 3 N–H and O–H groups in total. The first-order valence-corrected chi connectivity index (χ1v) is 6.62. The van der Waals surface area contributed by atoms with Crippen molar-refractivity contribution in [2.45, 2.75) is 13.0 Å². The molecule has 1 unspecified atom stereocenters. The van der Waals surface area contributed by atoms with Crippen LogP contribution in [0.2, 0.25) is 5.02 Å². The molecule has 98 valence electrons. The summed E-state index contributed by atoms with van der Waals surface area (Å²) in [5.41, 5.74) is 8.42. The first kappa shape index (κ1) is 13.8. The van der Waals surface area contributed by atoms with Crippen LogP contribution in [0.15, 0.2) is 42.7 Å². The zero-order valence-electron chi connectivity index (χ0n) is 10.4. The number of benzene rings is 1. The van der Waals surface area contributed by atoms with Crippen molar-refractivity contribution < 1.29 is 0 Å². The molecule has 1 atom stereocenters. The van der Waals surface area contributed by atoms with Crippen molar-refractivity contribution in [2.24, 2.45) is 5.73 Å². The van der Waals surface area contributed by atoms with Crippen LogP contribution in [0.1, 0.15) is 24.1 Å². The molecule has 0 aliphatic heterocycles. The Labute approximate surface area is 122 Å². The summed E-state index contributed by atoms with van der Waals surface area (Å²) in [6.07, 6.45) is 3.58. The number of nitrogens with two attached hydrogens (primary N) is 1. The van der Waals surface area contributed by atoms with E-state index < -0.39 is 0 Å². The van der Waals surface area contributed by atoms with Gasteiger partial charge in [-0.25, -0.2) is 0 Å². The fourth-order valence-electron chi connectivity index (χ4n) is 1.79. The van der Waals surface area contributed by atoms with E-state index in [-0.39, 0.29) is 6.04 Å². The highest BCUT2D eigenvalue weighted by Gasteiger charge is 2.10. The SMILES string of the molecule is CC(Nc1ccc(Cl)cc1C(N)=S)c1cccnc1. The fraction of sp³-hybridized carbons (Fsp3) is 0.143. The molecule has 0 saturated carbocycles. The van der Waals surface area contributed by atoms with Gasteiger partial charge >= 0.3 is 0 Å². The van der Waals surface area contributed by atoms with Gasteiger partial charge in [0, 0.05) is 28.7 Å². The number of aromatic nitrogens is 1. The maximum atomic E-state index is 5.96. The Hall–Kier alpha value is -1.65. The lowest BCUT2D eigenvalue weighted by atomic mass is 10.1. The van der Waals surface area contributed by atoms with Gasteiger partial charge in [-0.1, -0.05) is 29.9 Å². The molecule has 0 spiro atoms. The standard InChI is InChI=1S/C14H14ClN3S/c1-9(10-3-2-6-17-8-10)18-13-5-4-11(15)7-12(13)14(16)19/h2-9,18H,1H3,(H2,16,19). The second-order valence-electron chi connectivity index (χ2n) is 4.21. The van der Waals surface area contributed by atoms with E-state index in [0.29, 0.717) is 10.0 Å². The normalized spacial score (nSPS) is 11.9. The zero-order chi connectivity index (χ0) is 13.8. The van der Waals surface area contributed by atoms with E-state index in [0.717, 1.165) is 16.8 Å². The third-order valence-electron chi connectivity index (χ3n) is 2.80. The van der Waals surface area contributed by atoms with Crippen LogP contribution in [0.4, 0.5) is 5.69 Å². The molecule has 3 nitrogen and oxygen atoms in total. The molecule has 1 aromatic heterocycles. The second kappa shape index (κ2) is 5.99. The number of halogens is 1. The van der Waals surface area contributed by atoms with E-state index >= 15 is 0 Å². The Bertz CT molecular complexity index is 586. The largest absolute Gasteiger partial charge is 0.389 e. The van der Waals surface area contributed by atoms with E-state index in [1.54, 1.807) is 12.3 Å². The number of nitrogens with one attached hydrogen (secondary N) is 1. The smallest absolute Gasteiger partial charge is 0.106 e. The van der Waals surface area contributed by atoms with Gasteiger partial charge < -0.3 is 11.1 Å². The van der Waals surface area contributed by atoms with Crippen LogP contribution in [0.25, 0.3) is 0 Å². The number of nitrogens with zero attached hydrogens (tertiary/aromatic N) is 1. The van der Waals surface area contributed by atoms with Crippen LogP contribution in [0.3, 0.4) is 0 Å². The number of pyridine rings is 1. The van der Waals surface area contributed by atoms with Crippen LogP contribution in [0, 0.1) is 0 Å². The van der Waals surface area contributed by atoms with Gasteiger partial charge in [-0.15, -0.1) is 0 Å². The van der Waals surface area contributed by atoms with E-state index in [1.165, 1.54) is 0 Å². The van der Waals surface area contributed by atoms with Crippen molar-refractivity contribution in [1.29, 1.82) is 0 Å². The lowest BCUT2D eigenvalue weighted by molar-refractivity contribution is 0.875. The van der Waals surface area contributed by atoms with E-state index in [9.17, 15) is 0 Å². The van der Waals surface area contributed by atoms with Gasteiger partial charge in [0.25, 0.3) is 0 Å². The van der Waals surface area contributed by atoms with Crippen LogP contribution < -0.4 is 11.1 Å². The van der Waals surface area contributed by atoms with Crippen molar-refractivity contribution in [1.82, 2.24) is 4.98 Å². The summed E-state index contributed by atoms with van der Waals surface area (Å²) in [5, 5.41) is 3.98. The molecule has 0 saturated heterocycles. The number of anilines is 1. The van der Waals surface area contributed by atoms with Crippen LogP contribution in [0.5, 0.6) is 0 Å². The lowest BCUT2D eigenvalue weighted by Gasteiger charge is -2.18. The van der Waals surface area contributed by atoms with E-state index in [4.69, 9.17) is 29.6 Å². The molecule has 0 aliphatic rings. The zero-order valence-corrected chi connectivity index (χ0v) is 12.0. The molecule has 0 fully saturated rings. The molecule has 0 amide bonds. The van der Waals surface area contributed by atoms with Crippen molar-refractivity contribution >= 4 is 34.5 Å². The maximum absolute atomic E-state index is 5.96. The van der Waals surface area contributed by atoms with Gasteiger partial charge in [0.1, 0.15) is 4.99 Å². The molecule has 1 heterocycles. The highest BCUT2D eigenvalue weighted by Crippen LogP contribution is 2.25. The van der Waals surface area contributed by atoms with Crippen molar-refractivity contribution in [3.63, 3.8) is 0 Å². The van der Waals surface area contributed by atoms with Gasteiger partial charge in [0.05, 0.1) is 6.04 Å². The van der Waals surface area contributed by atoms with Gasteiger partial charge in [-0.05, 0) is 36.8 Å². The van der Waals surface area contributed by atoms with Gasteiger partial charge in [0.15, 0.2) is 0 Å². The minimum atomic E-state index is 0.1000. The molecule has 5 heteroatoms. The summed E-state index contributed by atoms with van der Waals surface area (Å²) in [6.45, 7) is 2.05. The molecule has 0 radical (unpaired) electrons. The first-order valence-electron chi connectivity index (χ1n) is 5.83. The molecular formula is C14H14ClN3S. The Morgan fingerprint density at radius 1 is 1.42 bits per heavy atom. The monoisotopic (exact) mass is 291 g/mol. The molecule has 2 aromatic rings. The molecule has 0 bridgehead atoms. The van der Waals surface area contributed by atoms with Crippen LogP contribution >= 0.6 is 23.8 Å². The number of rotatable bonds is 4. The highest BCUT2D eigenvalue weighted by molar-refractivity contribution is 7.80. The Kier molecular flexibility index (Phi) is 4.35. The summed E-state index contributed by atoms with van der Waals surface area (Å²) in [6, 6.07) is 9.47. The lowest BCUT2D eigenvalue weighted by Crippen LogP contribution is -2.15. The number of hydrogen-bond acceptors (Lipinski definition) is 3. The summed E-state index contributed by atoms with van der Waals surface area (Å²) >= 11 is 11.0. The summed E-state index contributed by atoms with van der Waals surface area (Å²) < 4.78 is 0. The Morgan fingerprint density at radius 3 is 2.84 bits per heavy atom. The quantitative estimate of drug-likeness (QED) is 0.846. The van der Waals surface area contributed by atoms with Crippen molar-refractivity contribution in [3.05, 3.63) is 58.9 Å². The highest BCUT2D eigenvalue weighted by atomic mass is 35.5. The van der Waals surface area contributed by atoms with E-state index in [1.807, 2.05) is 30.5 Å². The van der Waals surface area contributed by atoms with Gasteiger partial charge in [-0.3, -0.25) is 4.98 Å². The average Bonchev–Trinajstić information content (AvgIpc) is 2.41. The topological polar surface area (TPSA) is 50.9 Å². The summed E-state index contributed by atoms with van der Waals surface area (Å²) in [5.74, 6) is 0. The predicted molar refractivity (Wildman–Crippen MR) is 83.6 cm³/mol. The van der Waals surface area contributed by atoms with Gasteiger partial charge in [-0.2, -0.15) is 0 Å². The summed E-state index contributed by atoms with van der Waals surface area (Å²) in [4.78, 5) is 4.43. The maximum Gasteiger partial charge on any atom is 0.106 e. The van der Waals surface area contributed by atoms with Crippen molar-refractivity contribution in [2.75, 3.05) is 5.32 Å². The van der Waals surface area contributed by atoms with E-state index in [2.05, 4.69) is 17.2 Å². The Morgan fingerprint density at radius 2 is 2.21 bits per heavy atom. The minimum absolute atomic E-state index is 0.1000. The minimum Gasteiger partial charge on any atom is -0.389 e. The van der Waals surface area contributed by atoms with Crippen LogP contribution in [-0.2, 0) is 0 Å². The molecular weight excluding hydrogens is 278 g/mol.